The van der Waals surface area contributed by atoms with Gasteiger partial charge in [-0.1, -0.05) is 75.7 Å². The van der Waals surface area contributed by atoms with Gasteiger partial charge in [0.2, 0.25) is 0 Å². The molecule has 0 saturated carbocycles. The average Bonchev–Trinajstić information content (AvgIpc) is 2.28. The Morgan fingerprint density at radius 1 is 1.00 bits per heavy atom. The summed E-state index contributed by atoms with van der Waals surface area (Å²) in [6.07, 6.45) is 1.03. The highest BCUT2D eigenvalue weighted by Gasteiger charge is 2.22. The maximum absolute atomic E-state index is 11.2. The van der Waals surface area contributed by atoms with Gasteiger partial charge in [-0.2, -0.15) is 0 Å². The molecule has 0 heterocycles. The Labute approximate surface area is 125 Å². The summed E-state index contributed by atoms with van der Waals surface area (Å²) >= 11 is 3.43. The Bertz CT molecular complexity index is 417. The van der Waals surface area contributed by atoms with Gasteiger partial charge in [-0.05, 0) is 27.5 Å². The second kappa shape index (κ2) is 5.78. The van der Waals surface area contributed by atoms with Gasteiger partial charge in [-0.25, -0.2) is 0 Å². The zero-order valence-electron chi connectivity index (χ0n) is 12.9. The van der Waals surface area contributed by atoms with Crippen molar-refractivity contribution in [1.82, 2.24) is 0 Å². The SMILES string of the molecule is CC(C)(C)c1cc(C(C=O)CBr)cc(C(C)(C)C)c1. The highest BCUT2D eigenvalue weighted by molar-refractivity contribution is 9.09. The second-order valence-electron chi connectivity index (χ2n) is 7.24. The number of halogens is 1. The van der Waals surface area contributed by atoms with E-state index in [1.807, 2.05) is 0 Å². The number of hydrogen-bond donors (Lipinski definition) is 0. The Balaban J connectivity index is 3.45. The van der Waals surface area contributed by atoms with E-state index in [4.69, 9.17) is 0 Å². The number of rotatable bonds is 3. The van der Waals surface area contributed by atoms with Crippen molar-refractivity contribution < 1.29 is 4.79 Å². The van der Waals surface area contributed by atoms with Gasteiger partial charge in [0, 0.05) is 11.2 Å². The van der Waals surface area contributed by atoms with Crippen LogP contribution in [0.25, 0.3) is 0 Å². The van der Waals surface area contributed by atoms with Crippen molar-refractivity contribution in [3.63, 3.8) is 0 Å². The Hall–Kier alpha value is -0.630. The topological polar surface area (TPSA) is 17.1 Å². The first-order valence-corrected chi connectivity index (χ1v) is 7.89. The van der Waals surface area contributed by atoms with Crippen molar-refractivity contribution in [2.45, 2.75) is 58.3 Å². The first-order valence-electron chi connectivity index (χ1n) is 6.77. The third-order valence-electron chi connectivity index (χ3n) is 3.45. The van der Waals surface area contributed by atoms with Gasteiger partial charge in [0.1, 0.15) is 6.29 Å². The fraction of sp³-hybridized carbons (Fsp3) is 0.588. The lowest BCUT2D eigenvalue weighted by atomic mass is 9.78. The number of carbonyl (C=O) groups is 1. The van der Waals surface area contributed by atoms with Gasteiger partial charge in [0.15, 0.2) is 0 Å². The van der Waals surface area contributed by atoms with Gasteiger partial charge in [-0.3, -0.25) is 0 Å². The summed E-state index contributed by atoms with van der Waals surface area (Å²) < 4.78 is 0. The molecule has 0 bridgehead atoms. The number of alkyl halides is 1. The van der Waals surface area contributed by atoms with Crippen LogP contribution >= 0.6 is 15.9 Å². The highest BCUT2D eigenvalue weighted by Crippen LogP contribution is 2.32. The average molecular weight is 325 g/mol. The van der Waals surface area contributed by atoms with Crippen LogP contribution < -0.4 is 0 Å². The molecule has 1 aromatic carbocycles. The van der Waals surface area contributed by atoms with Crippen LogP contribution in [0.2, 0.25) is 0 Å². The first-order chi connectivity index (χ1) is 8.59. The predicted octanol–water partition coefficient (Wildman–Crippen LogP) is 4.96. The van der Waals surface area contributed by atoms with E-state index in [1.54, 1.807) is 0 Å². The molecule has 0 spiro atoms. The van der Waals surface area contributed by atoms with Crippen molar-refractivity contribution in [3.8, 4) is 0 Å². The van der Waals surface area contributed by atoms with E-state index in [1.165, 1.54) is 11.1 Å². The summed E-state index contributed by atoms with van der Waals surface area (Å²) in [5.74, 6) is -0.0663. The zero-order chi connectivity index (χ0) is 14.8. The molecule has 1 unspecified atom stereocenters. The smallest absolute Gasteiger partial charge is 0.128 e. The minimum absolute atomic E-state index is 0.0663. The molecule has 0 fully saturated rings. The fourth-order valence-corrected chi connectivity index (χ4v) is 2.46. The number of carbonyl (C=O) groups excluding carboxylic acids is 1. The van der Waals surface area contributed by atoms with Crippen LogP contribution in [0.15, 0.2) is 18.2 Å². The number of aldehydes is 1. The first kappa shape index (κ1) is 16.4. The molecule has 0 aliphatic rings. The molecule has 0 saturated heterocycles. The molecule has 1 rings (SSSR count). The maximum Gasteiger partial charge on any atom is 0.128 e. The van der Waals surface area contributed by atoms with Crippen molar-refractivity contribution in [3.05, 3.63) is 34.9 Å². The lowest BCUT2D eigenvalue weighted by Crippen LogP contribution is -2.18. The number of hydrogen-bond acceptors (Lipinski definition) is 1. The standard InChI is InChI=1S/C17H25BrO/c1-16(2,3)14-7-12(13(10-18)11-19)8-15(9-14)17(4,5)6/h7-9,11,13H,10H2,1-6H3. The van der Waals surface area contributed by atoms with Crippen molar-refractivity contribution >= 4 is 22.2 Å². The summed E-state index contributed by atoms with van der Waals surface area (Å²) in [5.41, 5.74) is 3.89. The molecule has 1 atom stereocenters. The summed E-state index contributed by atoms with van der Waals surface area (Å²) in [5, 5.41) is 0.674. The van der Waals surface area contributed by atoms with Crippen molar-refractivity contribution in [1.29, 1.82) is 0 Å². The molecule has 0 aliphatic carbocycles. The molecule has 0 radical (unpaired) electrons. The number of benzene rings is 1. The second-order valence-corrected chi connectivity index (χ2v) is 7.89. The Morgan fingerprint density at radius 3 is 1.68 bits per heavy atom. The van der Waals surface area contributed by atoms with E-state index < -0.39 is 0 Å². The molecular weight excluding hydrogens is 300 g/mol. The minimum Gasteiger partial charge on any atom is -0.303 e. The summed E-state index contributed by atoms with van der Waals surface area (Å²) in [6, 6.07) is 6.63. The van der Waals surface area contributed by atoms with Crippen LogP contribution in [-0.4, -0.2) is 11.6 Å². The van der Waals surface area contributed by atoms with Gasteiger partial charge >= 0.3 is 0 Å². The normalized spacial score (nSPS) is 14.3. The van der Waals surface area contributed by atoms with Crippen molar-refractivity contribution in [2.75, 3.05) is 5.33 Å². The summed E-state index contributed by atoms with van der Waals surface area (Å²) in [6.45, 7) is 13.3. The van der Waals surface area contributed by atoms with Crippen LogP contribution in [-0.2, 0) is 15.6 Å². The molecule has 0 amide bonds. The van der Waals surface area contributed by atoms with Crippen LogP contribution in [0.3, 0.4) is 0 Å². The third-order valence-corrected chi connectivity index (χ3v) is 4.14. The molecule has 0 aliphatic heterocycles. The van der Waals surface area contributed by atoms with Crippen LogP contribution in [0.5, 0.6) is 0 Å². The molecule has 0 N–H and O–H groups in total. The van der Waals surface area contributed by atoms with E-state index in [0.717, 1.165) is 11.8 Å². The zero-order valence-corrected chi connectivity index (χ0v) is 14.5. The van der Waals surface area contributed by atoms with E-state index >= 15 is 0 Å². The fourth-order valence-electron chi connectivity index (χ4n) is 1.94. The third kappa shape index (κ3) is 4.17. The van der Waals surface area contributed by atoms with E-state index in [9.17, 15) is 4.79 Å². The van der Waals surface area contributed by atoms with Crippen LogP contribution in [0.4, 0.5) is 0 Å². The largest absolute Gasteiger partial charge is 0.303 e. The van der Waals surface area contributed by atoms with Crippen LogP contribution in [0, 0.1) is 0 Å². The Kier molecular flexibility index (Phi) is 5.00. The van der Waals surface area contributed by atoms with Gasteiger partial charge in [0.05, 0.1) is 0 Å². The lowest BCUT2D eigenvalue weighted by molar-refractivity contribution is -0.108. The van der Waals surface area contributed by atoms with Crippen LogP contribution in [0.1, 0.15) is 64.2 Å². The maximum atomic E-state index is 11.2. The molecule has 1 nitrogen and oxygen atoms in total. The predicted molar refractivity (Wildman–Crippen MR) is 86.4 cm³/mol. The van der Waals surface area contributed by atoms with Gasteiger partial charge < -0.3 is 4.79 Å². The summed E-state index contributed by atoms with van der Waals surface area (Å²) in [7, 11) is 0. The molecule has 0 aromatic heterocycles. The van der Waals surface area contributed by atoms with E-state index in [2.05, 4.69) is 75.7 Å². The Morgan fingerprint density at radius 2 is 1.42 bits per heavy atom. The quantitative estimate of drug-likeness (QED) is 0.567. The monoisotopic (exact) mass is 324 g/mol. The molecule has 19 heavy (non-hydrogen) atoms. The minimum atomic E-state index is -0.0663. The summed E-state index contributed by atoms with van der Waals surface area (Å²) in [4.78, 5) is 11.2. The van der Waals surface area contributed by atoms with Crippen molar-refractivity contribution in [2.24, 2.45) is 0 Å². The highest BCUT2D eigenvalue weighted by atomic mass is 79.9. The van der Waals surface area contributed by atoms with E-state index in [0.29, 0.717) is 5.33 Å². The molecular formula is C17H25BrO. The lowest BCUT2D eigenvalue weighted by Gasteiger charge is -2.27. The molecule has 2 heteroatoms. The molecule has 106 valence electrons. The van der Waals surface area contributed by atoms with Gasteiger partial charge in [0.25, 0.3) is 0 Å². The van der Waals surface area contributed by atoms with Gasteiger partial charge in [-0.15, -0.1) is 0 Å². The molecule has 1 aromatic rings. The van der Waals surface area contributed by atoms with E-state index in [-0.39, 0.29) is 16.7 Å².